The third kappa shape index (κ3) is 5.81. The number of carbonyl (C=O) groups is 3. The molecule has 1 saturated heterocycles. The van der Waals surface area contributed by atoms with Crippen LogP contribution in [0.15, 0.2) is 53.9 Å². The maximum atomic E-state index is 14.6. The van der Waals surface area contributed by atoms with Gasteiger partial charge in [-0.25, -0.2) is 28.1 Å². The van der Waals surface area contributed by atoms with Crippen molar-refractivity contribution in [3.05, 3.63) is 88.1 Å². The Kier molecular flexibility index (Phi) is 8.17. The Balaban J connectivity index is 1.60. The van der Waals surface area contributed by atoms with Crippen molar-refractivity contribution in [1.82, 2.24) is 20.0 Å². The Morgan fingerprint density at radius 3 is 2.28 bits per heavy atom. The molecule has 2 amide bonds. The lowest BCUT2D eigenvalue weighted by Gasteiger charge is -2.47. The summed E-state index contributed by atoms with van der Waals surface area (Å²) in [7, 11) is 0. The van der Waals surface area contributed by atoms with Crippen LogP contribution in [-0.2, 0) is 33.3 Å². The SMILES string of the molecule is C[C@]12CCCN1N(Cc1c(F)cc(F)cc1F)C(=O)C(C(=O)Nc1ccc(C(F)(F)F)cc1-c1cc(C(F)(F)F)ncn1)=C2C=O. The number of alkyl halides is 6. The van der Waals surface area contributed by atoms with Crippen molar-refractivity contribution in [2.24, 2.45) is 0 Å². The summed E-state index contributed by atoms with van der Waals surface area (Å²) in [4.78, 5) is 46.6. The second kappa shape index (κ2) is 11.5. The van der Waals surface area contributed by atoms with Crippen molar-refractivity contribution in [2.45, 2.75) is 44.2 Å². The van der Waals surface area contributed by atoms with E-state index >= 15 is 0 Å². The van der Waals surface area contributed by atoms with Gasteiger partial charge in [-0.3, -0.25) is 19.4 Å². The highest BCUT2D eigenvalue weighted by atomic mass is 19.4. The first kappa shape index (κ1) is 32.6. The molecule has 3 heterocycles. The minimum atomic E-state index is -5.00. The smallest absolute Gasteiger partial charge is 0.321 e. The van der Waals surface area contributed by atoms with E-state index in [2.05, 4.69) is 15.3 Å². The summed E-state index contributed by atoms with van der Waals surface area (Å²) in [5.74, 6) is -6.47. The van der Waals surface area contributed by atoms with E-state index < -0.39 is 93.0 Å². The summed E-state index contributed by atoms with van der Waals surface area (Å²) in [6, 6.07) is 2.82. The summed E-state index contributed by atoms with van der Waals surface area (Å²) >= 11 is 0. The Bertz CT molecular complexity index is 1770. The quantitative estimate of drug-likeness (QED) is 0.203. The molecule has 1 N–H and O–H groups in total. The van der Waals surface area contributed by atoms with E-state index in [0.29, 0.717) is 43.1 Å². The van der Waals surface area contributed by atoms with Crippen molar-refractivity contribution in [2.75, 3.05) is 11.9 Å². The summed E-state index contributed by atoms with van der Waals surface area (Å²) in [6.07, 6.45) is -8.73. The predicted molar refractivity (Wildman–Crippen MR) is 140 cm³/mol. The van der Waals surface area contributed by atoms with Crippen molar-refractivity contribution < 1.29 is 53.9 Å². The number of carbonyl (C=O) groups excluding carboxylic acids is 3. The largest absolute Gasteiger partial charge is 0.433 e. The summed E-state index contributed by atoms with van der Waals surface area (Å²) in [6.45, 7) is 0.760. The van der Waals surface area contributed by atoms with Gasteiger partial charge in [-0.05, 0) is 44.0 Å². The molecule has 17 heteroatoms. The van der Waals surface area contributed by atoms with Crippen LogP contribution in [0.25, 0.3) is 11.3 Å². The average Bonchev–Trinajstić information content (AvgIpc) is 3.36. The molecule has 0 radical (unpaired) electrons. The number of hydrogen-bond donors (Lipinski definition) is 1. The molecule has 2 aliphatic rings. The lowest BCUT2D eigenvalue weighted by atomic mass is 9.84. The predicted octanol–water partition coefficient (Wildman–Crippen LogP) is 5.84. The van der Waals surface area contributed by atoms with Crippen molar-refractivity contribution >= 4 is 23.8 Å². The molecule has 0 aliphatic carbocycles. The minimum absolute atomic E-state index is 0.108. The second-order valence-electron chi connectivity index (χ2n) is 10.6. The molecule has 0 saturated carbocycles. The number of amides is 2. The molecule has 242 valence electrons. The highest BCUT2D eigenvalue weighted by Crippen LogP contribution is 2.43. The molecule has 2 aromatic carbocycles. The highest BCUT2D eigenvalue weighted by molar-refractivity contribution is 6.26. The van der Waals surface area contributed by atoms with Gasteiger partial charge in [0.15, 0.2) is 0 Å². The number of aromatic nitrogens is 2. The minimum Gasteiger partial charge on any atom is -0.321 e. The Morgan fingerprint density at radius 2 is 1.67 bits per heavy atom. The van der Waals surface area contributed by atoms with Crippen molar-refractivity contribution in [1.29, 1.82) is 0 Å². The molecule has 0 spiro atoms. The monoisotopic (exact) mass is 657 g/mol. The molecular weight excluding hydrogens is 637 g/mol. The molecular formula is C29H20F9N5O3. The van der Waals surface area contributed by atoms with Gasteiger partial charge >= 0.3 is 12.4 Å². The Hall–Kier alpha value is -4.80. The summed E-state index contributed by atoms with van der Waals surface area (Å²) < 4.78 is 124. The summed E-state index contributed by atoms with van der Waals surface area (Å²) in [5.41, 5.74) is -7.89. The van der Waals surface area contributed by atoms with Gasteiger partial charge in [0.2, 0.25) is 0 Å². The number of nitrogens with one attached hydrogen (secondary N) is 1. The second-order valence-corrected chi connectivity index (χ2v) is 10.6. The Labute approximate surface area is 253 Å². The van der Waals surface area contributed by atoms with Gasteiger partial charge in [-0.15, -0.1) is 0 Å². The van der Waals surface area contributed by atoms with E-state index in [4.69, 9.17) is 0 Å². The van der Waals surface area contributed by atoms with E-state index in [-0.39, 0.29) is 24.8 Å². The molecule has 1 fully saturated rings. The number of nitrogens with zero attached hydrogens (tertiary/aromatic N) is 4. The molecule has 2 aliphatic heterocycles. The van der Waals surface area contributed by atoms with Crippen LogP contribution in [0.4, 0.5) is 45.2 Å². The molecule has 1 aromatic heterocycles. The van der Waals surface area contributed by atoms with Gasteiger partial charge < -0.3 is 5.32 Å². The third-order valence-electron chi connectivity index (χ3n) is 7.78. The van der Waals surface area contributed by atoms with Gasteiger partial charge in [0.05, 0.1) is 29.0 Å². The average molecular weight is 657 g/mol. The number of hydrazine groups is 1. The van der Waals surface area contributed by atoms with Gasteiger partial charge in [-0.1, -0.05) is 0 Å². The zero-order valence-corrected chi connectivity index (χ0v) is 23.4. The van der Waals surface area contributed by atoms with Gasteiger partial charge in [0, 0.05) is 35.4 Å². The fourth-order valence-corrected chi connectivity index (χ4v) is 5.55. The van der Waals surface area contributed by atoms with E-state index in [1.807, 2.05) is 0 Å². The van der Waals surface area contributed by atoms with Crippen LogP contribution in [-0.4, -0.2) is 50.2 Å². The number of rotatable bonds is 6. The fourth-order valence-electron chi connectivity index (χ4n) is 5.55. The zero-order valence-electron chi connectivity index (χ0n) is 23.4. The maximum Gasteiger partial charge on any atom is 0.433 e. The number of fused-ring (bicyclic) bond motifs is 1. The first-order valence-corrected chi connectivity index (χ1v) is 13.3. The van der Waals surface area contributed by atoms with Crippen LogP contribution in [0, 0.1) is 17.5 Å². The topological polar surface area (TPSA) is 95.5 Å². The first-order chi connectivity index (χ1) is 21.5. The molecule has 5 rings (SSSR count). The molecule has 8 nitrogen and oxygen atoms in total. The number of benzene rings is 2. The van der Waals surface area contributed by atoms with Crippen molar-refractivity contribution in [3.8, 4) is 11.3 Å². The normalized spacial score (nSPS) is 19.0. The lowest BCUT2D eigenvalue weighted by molar-refractivity contribution is -0.158. The molecule has 1 atom stereocenters. The van der Waals surface area contributed by atoms with Crippen LogP contribution in [0.3, 0.4) is 0 Å². The van der Waals surface area contributed by atoms with Gasteiger partial charge in [0.1, 0.15) is 41.3 Å². The van der Waals surface area contributed by atoms with Gasteiger partial charge in [0.25, 0.3) is 11.8 Å². The van der Waals surface area contributed by atoms with Crippen LogP contribution in [0.2, 0.25) is 0 Å². The number of anilines is 1. The van der Waals surface area contributed by atoms with Crippen molar-refractivity contribution in [3.63, 3.8) is 0 Å². The number of hydrogen-bond acceptors (Lipinski definition) is 6. The number of halogens is 9. The lowest BCUT2D eigenvalue weighted by Crippen LogP contribution is -2.60. The van der Waals surface area contributed by atoms with Crippen LogP contribution in [0.5, 0.6) is 0 Å². The van der Waals surface area contributed by atoms with E-state index in [0.717, 1.165) is 11.1 Å². The highest BCUT2D eigenvalue weighted by Gasteiger charge is 2.52. The molecule has 46 heavy (non-hydrogen) atoms. The van der Waals surface area contributed by atoms with Crippen LogP contribution in [0.1, 0.15) is 36.6 Å². The van der Waals surface area contributed by atoms with E-state index in [1.165, 1.54) is 11.9 Å². The molecule has 3 aromatic rings. The first-order valence-electron chi connectivity index (χ1n) is 13.3. The van der Waals surface area contributed by atoms with E-state index in [1.54, 1.807) is 0 Å². The maximum absolute atomic E-state index is 14.6. The fraction of sp³-hybridized carbons (Fsp3) is 0.276. The van der Waals surface area contributed by atoms with Crippen LogP contribution >= 0.6 is 0 Å². The number of aldehydes is 1. The molecule has 0 bridgehead atoms. The summed E-state index contributed by atoms with van der Waals surface area (Å²) in [5, 5.41) is 4.34. The standard InChI is InChI=1S/C29H20F9N5O3/c1-27-5-2-6-43(27)42(11-17-19(31)8-15(30)9-20(17)32)26(46)24(18(27)12-44)25(45)41-21-4-3-14(28(33,34)35)7-16(21)22-10-23(29(36,37)38)40-13-39-22/h3-4,7-10,12-13H,2,5-6,11H2,1H3,(H,41,45)/t27-/m1/s1. The van der Waals surface area contributed by atoms with Crippen LogP contribution < -0.4 is 5.32 Å². The van der Waals surface area contributed by atoms with Gasteiger partial charge in [-0.2, -0.15) is 26.3 Å². The molecule has 0 unspecified atom stereocenters. The van der Waals surface area contributed by atoms with E-state index in [9.17, 15) is 53.9 Å². The zero-order chi connectivity index (χ0) is 33.8. The third-order valence-corrected chi connectivity index (χ3v) is 7.78. The Morgan fingerprint density at radius 1 is 1.00 bits per heavy atom.